The highest BCUT2D eigenvalue weighted by Crippen LogP contribution is 2.30. The number of pyridine rings is 1. The molecule has 0 aliphatic heterocycles. The van der Waals surface area contributed by atoms with Crippen molar-refractivity contribution in [3.63, 3.8) is 0 Å². The van der Waals surface area contributed by atoms with Gasteiger partial charge in [0.2, 0.25) is 5.43 Å². The summed E-state index contributed by atoms with van der Waals surface area (Å²) >= 11 is 5.95. The van der Waals surface area contributed by atoms with Crippen molar-refractivity contribution in [2.45, 2.75) is 19.6 Å². The number of carbonyl (C=O) groups is 1. The summed E-state index contributed by atoms with van der Waals surface area (Å²) in [4.78, 5) is 25.2. The van der Waals surface area contributed by atoms with E-state index in [1.165, 1.54) is 24.4 Å². The van der Waals surface area contributed by atoms with Gasteiger partial charge in [-0.1, -0.05) is 17.7 Å². The van der Waals surface area contributed by atoms with Gasteiger partial charge >= 0.3 is 6.18 Å². The summed E-state index contributed by atoms with van der Waals surface area (Å²) in [6.45, 7) is 2.33. The Morgan fingerprint density at radius 1 is 1.19 bits per heavy atom. The van der Waals surface area contributed by atoms with Crippen LogP contribution >= 0.6 is 11.6 Å². The van der Waals surface area contributed by atoms with Crippen LogP contribution in [-0.4, -0.2) is 10.5 Å². The zero-order valence-electron chi connectivity index (χ0n) is 14.1. The fourth-order valence-electron chi connectivity index (χ4n) is 2.76. The number of nitrogens with one attached hydrogen (secondary N) is 1. The van der Waals surface area contributed by atoms with Gasteiger partial charge in [0.15, 0.2) is 0 Å². The summed E-state index contributed by atoms with van der Waals surface area (Å²) < 4.78 is 40.2. The lowest BCUT2D eigenvalue weighted by Crippen LogP contribution is -2.24. The van der Waals surface area contributed by atoms with E-state index in [1.807, 2.05) is 6.92 Å². The number of amides is 1. The summed E-state index contributed by atoms with van der Waals surface area (Å²) in [5, 5.41) is 2.97. The first-order valence-corrected chi connectivity index (χ1v) is 8.40. The monoisotopic (exact) mass is 394 g/mol. The molecule has 0 fully saturated rings. The van der Waals surface area contributed by atoms with Crippen molar-refractivity contribution in [3.05, 3.63) is 75.0 Å². The number of benzene rings is 2. The van der Waals surface area contributed by atoms with Crippen LogP contribution in [0.1, 0.15) is 22.8 Å². The highest BCUT2D eigenvalue weighted by Gasteiger charge is 2.30. The maximum absolute atomic E-state index is 12.8. The van der Waals surface area contributed by atoms with Crippen molar-refractivity contribution in [1.29, 1.82) is 0 Å². The van der Waals surface area contributed by atoms with Crippen molar-refractivity contribution in [2.75, 3.05) is 5.32 Å². The van der Waals surface area contributed by atoms with Gasteiger partial charge in [-0.25, -0.2) is 0 Å². The van der Waals surface area contributed by atoms with Crippen LogP contribution in [0.5, 0.6) is 0 Å². The van der Waals surface area contributed by atoms with Gasteiger partial charge in [0.1, 0.15) is 5.56 Å². The minimum absolute atomic E-state index is 0.0523. The molecule has 0 atom stereocenters. The molecule has 27 heavy (non-hydrogen) atoms. The number of halogens is 4. The van der Waals surface area contributed by atoms with E-state index in [-0.39, 0.29) is 16.6 Å². The molecule has 0 saturated carbocycles. The first-order valence-electron chi connectivity index (χ1n) is 8.02. The van der Waals surface area contributed by atoms with Crippen LogP contribution in [-0.2, 0) is 12.7 Å². The lowest BCUT2D eigenvalue weighted by Gasteiger charge is -2.13. The third-order valence-corrected chi connectivity index (χ3v) is 4.31. The van der Waals surface area contributed by atoms with Crippen LogP contribution in [0.3, 0.4) is 0 Å². The molecule has 1 heterocycles. The minimum atomic E-state index is -4.53. The van der Waals surface area contributed by atoms with Gasteiger partial charge in [-0.2, -0.15) is 13.2 Å². The van der Waals surface area contributed by atoms with Crippen LogP contribution in [0.25, 0.3) is 10.9 Å². The van der Waals surface area contributed by atoms with E-state index in [2.05, 4.69) is 5.32 Å². The Balaban J connectivity index is 2.04. The Morgan fingerprint density at radius 2 is 1.93 bits per heavy atom. The highest BCUT2D eigenvalue weighted by atomic mass is 35.5. The van der Waals surface area contributed by atoms with Crippen molar-refractivity contribution >= 4 is 34.1 Å². The van der Waals surface area contributed by atoms with E-state index in [9.17, 15) is 22.8 Å². The van der Waals surface area contributed by atoms with Gasteiger partial charge in [0.05, 0.1) is 11.1 Å². The van der Waals surface area contributed by atoms with Crippen LogP contribution in [0, 0.1) is 0 Å². The van der Waals surface area contributed by atoms with Gasteiger partial charge < -0.3 is 9.88 Å². The zero-order chi connectivity index (χ0) is 19.8. The number of nitrogens with zero attached hydrogens (tertiary/aromatic N) is 1. The fourth-order valence-corrected chi connectivity index (χ4v) is 2.94. The molecule has 3 aromatic rings. The maximum atomic E-state index is 12.8. The Morgan fingerprint density at radius 3 is 2.59 bits per heavy atom. The number of carbonyl (C=O) groups excluding carboxylic acids is 1. The molecule has 0 aliphatic carbocycles. The molecule has 2 aromatic carbocycles. The molecular weight excluding hydrogens is 381 g/mol. The van der Waals surface area contributed by atoms with E-state index < -0.39 is 23.1 Å². The maximum Gasteiger partial charge on any atom is 0.416 e. The second kappa shape index (κ2) is 7.08. The number of rotatable bonds is 3. The molecule has 1 N–H and O–H groups in total. The van der Waals surface area contributed by atoms with Crippen LogP contribution in [0.4, 0.5) is 18.9 Å². The normalized spacial score (nSPS) is 11.6. The fraction of sp³-hybridized carbons (Fsp3) is 0.158. The predicted octanol–water partition coefficient (Wildman–Crippen LogP) is 4.95. The second-order valence-corrected chi connectivity index (χ2v) is 6.29. The van der Waals surface area contributed by atoms with Gasteiger partial charge in [-0.05, 0) is 43.3 Å². The largest absolute Gasteiger partial charge is 0.416 e. The number of aryl methyl sites for hydroxylation is 1. The standard InChI is InChI=1S/C19H14ClF3N2O2/c1-2-25-10-15(17(26)14-9-12(20)6-7-16(14)25)18(27)24-13-5-3-4-11(8-13)19(21,22)23/h3-10H,2H2,1H3,(H,24,27). The minimum Gasteiger partial charge on any atom is -0.347 e. The van der Waals surface area contributed by atoms with E-state index in [1.54, 1.807) is 16.7 Å². The summed E-state index contributed by atoms with van der Waals surface area (Å²) in [6.07, 6.45) is -3.14. The van der Waals surface area contributed by atoms with Gasteiger partial charge in [-0.15, -0.1) is 0 Å². The number of aromatic nitrogens is 1. The second-order valence-electron chi connectivity index (χ2n) is 5.85. The van der Waals surface area contributed by atoms with Gasteiger partial charge in [0, 0.05) is 28.8 Å². The van der Waals surface area contributed by atoms with Crippen molar-refractivity contribution < 1.29 is 18.0 Å². The third-order valence-electron chi connectivity index (χ3n) is 4.08. The Hall–Kier alpha value is -2.80. The SMILES string of the molecule is CCn1cc(C(=O)Nc2cccc(C(F)(F)F)c2)c(=O)c2cc(Cl)ccc21. The lowest BCUT2D eigenvalue weighted by molar-refractivity contribution is -0.137. The van der Waals surface area contributed by atoms with Crippen molar-refractivity contribution in [2.24, 2.45) is 0 Å². The topological polar surface area (TPSA) is 51.1 Å². The Bertz CT molecular complexity index is 1090. The molecule has 0 saturated heterocycles. The molecule has 1 aromatic heterocycles. The van der Waals surface area contributed by atoms with Crippen molar-refractivity contribution in [3.8, 4) is 0 Å². The predicted molar refractivity (Wildman–Crippen MR) is 98.3 cm³/mol. The van der Waals surface area contributed by atoms with E-state index >= 15 is 0 Å². The highest BCUT2D eigenvalue weighted by molar-refractivity contribution is 6.31. The summed E-state index contributed by atoms with van der Waals surface area (Å²) in [6, 6.07) is 9.00. The zero-order valence-corrected chi connectivity index (χ0v) is 14.9. The lowest BCUT2D eigenvalue weighted by atomic mass is 10.1. The number of hydrogen-bond donors (Lipinski definition) is 1. The number of alkyl halides is 3. The van der Waals surface area contributed by atoms with Gasteiger partial charge in [0.25, 0.3) is 5.91 Å². The third kappa shape index (κ3) is 3.83. The van der Waals surface area contributed by atoms with E-state index in [0.29, 0.717) is 17.1 Å². The van der Waals surface area contributed by atoms with Crippen LogP contribution in [0.2, 0.25) is 5.02 Å². The molecule has 0 spiro atoms. The Kier molecular flexibility index (Phi) is 4.97. The average molecular weight is 395 g/mol. The molecule has 8 heteroatoms. The summed E-state index contributed by atoms with van der Waals surface area (Å²) in [5.74, 6) is -0.789. The first kappa shape index (κ1) is 19.0. The summed E-state index contributed by atoms with van der Waals surface area (Å²) in [7, 11) is 0. The van der Waals surface area contributed by atoms with Crippen molar-refractivity contribution in [1.82, 2.24) is 4.57 Å². The Labute approximate surface area is 157 Å². The average Bonchev–Trinajstić information content (AvgIpc) is 2.62. The molecule has 140 valence electrons. The molecule has 3 rings (SSSR count). The number of hydrogen-bond acceptors (Lipinski definition) is 2. The van der Waals surface area contributed by atoms with Crippen LogP contribution < -0.4 is 10.7 Å². The molecular formula is C19H14ClF3N2O2. The molecule has 0 unspecified atom stereocenters. The van der Waals surface area contributed by atoms with Crippen LogP contribution in [0.15, 0.2) is 53.5 Å². The molecule has 4 nitrogen and oxygen atoms in total. The molecule has 0 aliphatic rings. The summed E-state index contributed by atoms with van der Waals surface area (Å²) in [5.41, 5.74) is -1.05. The molecule has 1 amide bonds. The molecule has 0 bridgehead atoms. The quantitative estimate of drug-likeness (QED) is 0.683. The van der Waals surface area contributed by atoms with Gasteiger partial charge in [-0.3, -0.25) is 9.59 Å². The smallest absolute Gasteiger partial charge is 0.347 e. The van der Waals surface area contributed by atoms with E-state index in [4.69, 9.17) is 11.6 Å². The number of anilines is 1. The first-order chi connectivity index (χ1) is 12.7. The molecule has 0 radical (unpaired) electrons. The van der Waals surface area contributed by atoms with E-state index in [0.717, 1.165) is 12.1 Å². The number of fused-ring (bicyclic) bond motifs is 1.